The van der Waals surface area contributed by atoms with Crippen molar-refractivity contribution in [2.24, 2.45) is 5.73 Å². The third kappa shape index (κ3) is 4.16. The van der Waals surface area contributed by atoms with E-state index in [9.17, 15) is 4.79 Å². The third-order valence-corrected chi connectivity index (χ3v) is 4.35. The Hall–Kier alpha value is -0.650. The van der Waals surface area contributed by atoms with Crippen molar-refractivity contribution in [3.63, 3.8) is 0 Å². The van der Waals surface area contributed by atoms with Crippen LogP contribution in [0.3, 0.4) is 0 Å². The van der Waals surface area contributed by atoms with E-state index in [1.54, 1.807) is 0 Å². The summed E-state index contributed by atoms with van der Waals surface area (Å²) < 4.78 is 0. The molecule has 2 aliphatic rings. The van der Waals surface area contributed by atoms with Crippen LogP contribution in [0.25, 0.3) is 0 Å². The molecule has 1 amide bonds. The normalized spacial score (nSPS) is 27.3. The van der Waals surface area contributed by atoms with Crippen molar-refractivity contribution in [2.45, 2.75) is 44.7 Å². The van der Waals surface area contributed by atoms with Gasteiger partial charge in [0.2, 0.25) is 5.91 Å². The predicted octanol–water partition coefficient (Wildman–Crippen LogP) is 0.0100. The zero-order valence-electron chi connectivity index (χ0n) is 12.1. The average molecular weight is 268 g/mol. The molecular formula is C14H28N4O. The highest BCUT2D eigenvalue weighted by atomic mass is 16.2. The van der Waals surface area contributed by atoms with Gasteiger partial charge in [0, 0.05) is 51.2 Å². The van der Waals surface area contributed by atoms with Crippen LogP contribution in [0.2, 0.25) is 0 Å². The van der Waals surface area contributed by atoms with Gasteiger partial charge >= 0.3 is 0 Å². The van der Waals surface area contributed by atoms with E-state index >= 15 is 0 Å². The Morgan fingerprint density at radius 1 is 1.32 bits per heavy atom. The maximum Gasteiger partial charge on any atom is 0.223 e. The van der Waals surface area contributed by atoms with Crippen molar-refractivity contribution in [1.82, 2.24) is 15.1 Å². The molecule has 110 valence electrons. The molecule has 5 nitrogen and oxygen atoms in total. The van der Waals surface area contributed by atoms with Crippen LogP contribution >= 0.6 is 0 Å². The van der Waals surface area contributed by atoms with Crippen molar-refractivity contribution < 1.29 is 4.79 Å². The Morgan fingerprint density at radius 3 is 2.74 bits per heavy atom. The Morgan fingerprint density at radius 2 is 2.05 bits per heavy atom. The highest BCUT2D eigenvalue weighted by Gasteiger charge is 2.26. The Labute approximate surface area is 116 Å². The van der Waals surface area contributed by atoms with Crippen LogP contribution in [0.15, 0.2) is 0 Å². The topological polar surface area (TPSA) is 61.6 Å². The first-order valence-electron chi connectivity index (χ1n) is 7.66. The van der Waals surface area contributed by atoms with Crippen molar-refractivity contribution in [3.8, 4) is 0 Å². The molecular weight excluding hydrogens is 240 g/mol. The largest absolute Gasteiger partial charge is 0.340 e. The van der Waals surface area contributed by atoms with Crippen LogP contribution in [0.4, 0.5) is 0 Å². The van der Waals surface area contributed by atoms with Crippen LogP contribution in [0, 0.1) is 0 Å². The van der Waals surface area contributed by atoms with Crippen molar-refractivity contribution in [1.29, 1.82) is 0 Å². The minimum absolute atomic E-state index is 0.203. The number of carbonyl (C=O) groups is 1. The van der Waals surface area contributed by atoms with Crippen molar-refractivity contribution in [2.75, 3.05) is 39.3 Å². The Kier molecular flexibility index (Phi) is 5.60. The molecule has 0 saturated carbocycles. The summed E-state index contributed by atoms with van der Waals surface area (Å²) >= 11 is 0. The third-order valence-electron chi connectivity index (χ3n) is 4.35. The molecule has 2 fully saturated rings. The van der Waals surface area contributed by atoms with Crippen LogP contribution in [0.5, 0.6) is 0 Å². The van der Waals surface area contributed by atoms with Crippen molar-refractivity contribution >= 4 is 5.91 Å². The summed E-state index contributed by atoms with van der Waals surface area (Å²) in [5, 5.41) is 3.28. The Balaban J connectivity index is 1.77. The van der Waals surface area contributed by atoms with E-state index in [-0.39, 0.29) is 6.04 Å². The van der Waals surface area contributed by atoms with Gasteiger partial charge in [0.05, 0.1) is 0 Å². The van der Waals surface area contributed by atoms with Crippen LogP contribution in [-0.2, 0) is 4.79 Å². The lowest BCUT2D eigenvalue weighted by atomic mass is 9.97. The number of carbonyl (C=O) groups excluding carboxylic acids is 1. The molecule has 5 heteroatoms. The van der Waals surface area contributed by atoms with Gasteiger partial charge in [-0.3, -0.25) is 9.69 Å². The SMILES string of the molecule is CC(N)C1CCCCN1CCC(=O)N1CCNCC1. The van der Waals surface area contributed by atoms with Gasteiger partial charge in [-0.25, -0.2) is 0 Å². The fourth-order valence-electron chi connectivity index (χ4n) is 3.20. The number of amides is 1. The molecule has 3 N–H and O–H groups in total. The summed E-state index contributed by atoms with van der Waals surface area (Å²) in [6, 6.07) is 0.666. The molecule has 2 rings (SSSR count). The number of hydrogen-bond acceptors (Lipinski definition) is 4. The molecule has 0 bridgehead atoms. The zero-order valence-corrected chi connectivity index (χ0v) is 12.1. The first kappa shape index (κ1) is 14.8. The van der Waals surface area contributed by atoms with Crippen LogP contribution < -0.4 is 11.1 Å². The molecule has 2 saturated heterocycles. The summed E-state index contributed by atoms with van der Waals surface area (Å²) in [6.07, 6.45) is 4.34. The molecule has 0 aromatic carbocycles. The number of piperidine rings is 1. The van der Waals surface area contributed by atoms with E-state index in [4.69, 9.17) is 5.73 Å². The lowest BCUT2D eigenvalue weighted by Crippen LogP contribution is -2.51. The van der Waals surface area contributed by atoms with Crippen LogP contribution in [0.1, 0.15) is 32.6 Å². The second kappa shape index (κ2) is 7.22. The van der Waals surface area contributed by atoms with Gasteiger partial charge in [-0.05, 0) is 26.3 Å². The molecule has 0 aromatic heterocycles. The van der Waals surface area contributed by atoms with Crippen LogP contribution in [-0.4, -0.2) is 67.1 Å². The summed E-state index contributed by atoms with van der Waals surface area (Å²) in [4.78, 5) is 16.6. The molecule has 2 atom stereocenters. The fraction of sp³-hybridized carbons (Fsp3) is 0.929. The summed E-state index contributed by atoms with van der Waals surface area (Å²) in [5.41, 5.74) is 6.06. The zero-order chi connectivity index (χ0) is 13.7. The van der Waals surface area contributed by atoms with Gasteiger partial charge in [0.1, 0.15) is 0 Å². The second-order valence-corrected chi connectivity index (χ2v) is 5.84. The molecule has 2 aliphatic heterocycles. The maximum atomic E-state index is 12.2. The quantitative estimate of drug-likeness (QED) is 0.754. The van der Waals surface area contributed by atoms with Gasteiger partial charge < -0.3 is 16.0 Å². The molecule has 2 unspecified atom stereocenters. The van der Waals surface area contributed by atoms with E-state index in [1.807, 2.05) is 4.90 Å². The van der Waals surface area contributed by atoms with E-state index < -0.39 is 0 Å². The highest BCUT2D eigenvalue weighted by Crippen LogP contribution is 2.19. The number of hydrogen-bond donors (Lipinski definition) is 2. The smallest absolute Gasteiger partial charge is 0.223 e. The predicted molar refractivity (Wildman–Crippen MR) is 76.9 cm³/mol. The van der Waals surface area contributed by atoms with Gasteiger partial charge in [0.15, 0.2) is 0 Å². The number of rotatable bonds is 4. The molecule has 19 heavy (non-hydrogen) atoms. The van der Waals surface area contributed by atoms with E-state index in [0.29, 0.717) is 18.4 Å². The second-order valence-electron chi connectivity index (χ2n) is 5.84. The lowest BCUT2D eigenvalue weighted by Gasteiger charge is -2.38. The summed E-state index contributed by atoms with van der Waals surface area (Å²) in [7, 11) is 0. The average Bonchev–Trinajstić information content (AvgIpc) is 2.46. The fourth-order valence-corrected chi connectivity index (χ4v) is 3.20. The van der Waals surface area contributed by atoms with E-state index in [1.165, 1.54) is 19.3 Å². The molecule has 0 radical (unpaired) electrons. The van der Waals surface area contributed by atoms with Gasteiger partial charge in [0.25, 0.3) is 0 Å². The summed E-state index contributed by atoms with van der Waals surface area (Å²) in [5.74, 6) is 0.301. The van der Waals surface area contributed by atoms with E-state index in [2.05, 4.69) is 17.1 Å². The Bertz CT molecular complexity index is 289. The number of piperazine rings is 1. The van der Waals surface area contributed by atoms with Gasteiger partial charge in [-0.2, -0.15) is 0 Å². The minimum Gasteiger partial charge on any atom is -0.340 e. The molecule has 0 aromatic rings. The summed E-state index contributed by atoms with van der Waals surface area (Å²) in [6.45, 7) is 7.62. The number of nitrogens with one attached hydrogen (secondary N) is 1. The molecule has 2 heterocycles. The van der Waals surface area contributed by atoms with E-state index in [0.717, 1.165) is 39.3 Å². The van der Waals surface area contributed by atoms with Gasteiger partial charge in [-0.15, -0.1) is 0 Å². The maximum absolute atomic E-state index is 12.2. The number of nitrogens with two attached hydrogens (primary N) is 1. The first-order chi connectivity index (χ1) is 9.18. The molecule has 0 aliphatic carbocycles. The first-order valence-corrected chi connectivity index (χ1v) is 7.66. The van der Waals surface area contributed by atoms with Gasteiger partial charge in [-0.1, -0.05) is 6.42 Å². The lowest BCUT2D eigenvalue weighted by molar-refractivity contribution is -0.132. The number of nitrogens with zero attached hydrogens (tertiary/aromatic N) is 2. The molecule has 0 spiro atoms. The van der Waals surface area contributed by atoms with Crippen molar-refractivity contribution in [3.05, 3.63) is 0 Å². The highest BCUT2D eigenvalue weighted by molar-refractivity contribution is 5.76. The number of likely N-dealkylation sites (tertiary alicyclic amines) is 1. The monoisotopic (exact) mass is 268 g/mol. The minimum atomic E-state index is 0.203. The standard InChI is InChI=1S/C14H28N4O/c1-12(15)13-4-2-3-8-17(13)9-5-14(19)18-10-6-16-7-11-18/h12-13,16H,2-11,15H2,1H3.